The molecule has 0 bridgehead atoms. The second-order valence-corrected chi connectivity index (χ2v) is 3.93. The zero-order chi connectivity index (χ0) is 16.0. The number of carboxylic acids is 1. The van der Waals surface area contributed by atoms with Crippen LogP contribution in [-0.2, 0) is 9.53 Å². The van der Waals surface area contributed by atoms with Crippen LogP contribution in [0.3, 0.4) is 0 Å². The van der Waals surface area contributed by atoms with Crippen LogP contribution in [0.1, 0.15) is 10.4 Å². The molecule has 0 aromatic heterocycles. The summed E-state index contributed by atoms with van der Waals surface area (Å²) < 4.78 is 9.57. The van der Waals surface area contributed by atoms with E-state index in [1.807, 2.05) is 0 Å². The second-order valence-electron chi connectivity index (χ2n) is 3.93. The van der Waals surface area contributed by atoms with E-state index in [-0.39, 0.29) is 23.6 Å². The van der Waals surface area contributed by atoms with E-state index in [1.54, 1.807) is 0 Å². The molecular formula is C12H14N2O7. The minimum Gasteiger partial charge on any atom is -0.490 e. The predicted octanol–water partition coefficient (Wildman–Crippen LogP) is 0.433. The van der Waals surface area contributed by atoms with Gasteiger partial charge in [0.1, 0.15) is 0 Å². The molecule has 0 aliphatic heterocycles. The number of ether oxygens (including phenoxy) is 2. The first-order valence-corrected chi connectivity index (χ1v) is 5.76. The number of carbonyl (C=O) groups is 2. The Balaban J connectivity index is 3.09. The molecule has 0 heterocycles. The Hall–Kier alpha value is -2.68. The quantitative estimate of drug-likeness (QED) is 0.551. The molecular weight excluding hydrogens is 284 g/mol. The maximum Gasteiger partial charge on any atom is 0.328 e. The molecule has 1 amide bonds. The topological polar surface area (TPSA) is 128 Å². The first-order valence-electron chi connectivity index (χ1n) is 5.76. The maximum absolute atomic E-state index is 12.1. The fourth-order valence-corrected chi connectivity index (χ4v) is 1.64. The van der Waals surface area contributed by atoms with Gasteiger partial charge in [0.25, 0.3) is 5.91 Å². The number of carbonyl (C=O) groups excluding carboxylic acids is 1. The van der Waals surface area contributed by atoms with Crippen molar-refractivity contribution in [3.8, 4) is 5.75 Å². The number of benzene rings is 1. The van der Waals surface area contributed by atoms with Crippen molar-refractivity contribution in [1.29, 1.82) is 0 Å². The number of nitrogens with zero attached hydrogens (tertiary/aromatic N) is 1. The van der Waals surface area contributed by atoms with E-state index in [9.17, 15) is 19.7 Å². The summed E-state index contributed by atoms with van der Waals surface area (Å²) in [7, 11) is 2.47. The first-order chi connectivity index (χ1) is 9.92. The Morgan fingerprint density at radius 2 is 2.10 bits per heavy atom. The largest absolute Gasteiger partial charge is 0.490 e. The molecule has 0 saturated carbocycles. The summed E-state index contributed by atoms with van der Waals surface area (Å²) in [4.78, 5) is 33.2. The van der Waals surface area contributed by atoms with E-state index in [1.165, 1.54) is 32.4 Å². The van der Waals surface area contributed by atoms with E-state index in [4.69, 9.17) is 9.84 Å². The van der Waals surface area contributed by atoms with Crippen LogP contribution >= 0.6 is 0 Å². The number of nitro groups is 1. The lowest BCUT2D eigenvalue weighted by atomic mass is 10.1. The van der Waals surface area contributed by atoms with Gasteiger partial charge in [-0.25, -0.2) is 4.79 Å². The zero-order valence-electron chi connectivity index (χ0n) is 11.4. The molecule has 2 N–H and O–H groups in total. The lowest BCUT2D eigenvalue weighted by Gasteiger charge is -2.14. The number of carboxylic acid groups (broad SMARTS) is 1. The molecule has 1 aromatic rings. The standard InChI is InChI=1S/C12H14N2O7/c1-20-6-8(12(16)17)13-11(15)7-4-3-5-9(14(18)19)10(7)21-2/h3-5,8H,6H2,1-2H3,(H,13,15)(H,16,17). The molecule has 9 heteroatoms. The van der Waals surface area contributed by atoms with Gasteiger partial charge in [0.05, 0.1) is 24.2 Å². The third kappa shape index (κ3) is 3.89. The van der Waals surface area contributed by atoms with Gasteiger partial charge >= 0.3 is 11.7 Å². The normalized spacial score (nSPS) is 11.5. The van der Waals surface area contributed by atoms with Gasteiger partial charge < -0.3 is 19.9 Å². The molecule has 0 fully saturated rings. The van der Waals surface area contributed by atoms with Crippen molar-refractivity contribution < 1.29 is 29.1 Å². The minimum atomic E-state index is -1.28. The molecule has 0 saturated heterocycles. The fourth-order valence-electron chi connectivity index (χ4n) is 1.64. The first kappa shape index (κ1) is 16.4. The molecule has 0 radical (unpaired) electrons. The number of nitrogens with one attached hydrogen (secondary N) is 1. The average Bonchev–Trinajstić information content (AvgIpc) is 2.45. The highest BCUT2D eigenvalue weighted by molar-refractivity contribution is 6.00. The van der Waals surface area contributed by atoms with Crippen molar-refractivity contribution in [3.05, 3.63) is 33.9 Å². The van der Waals surface area contributed by atoms with E-state index >= 15 is 0 Å². The van der Waals surface area contributed by atoms with Crippen molar-refractivity contribution in [1.82, 2.24) is 5.32 Å². The number of rotatable bonds is 7. The summed E-state index contributed by atoms with van der Waals surface area (Å²) in [6, 6.07) is 2.51. The summed E-state index contributed by atoms with van der Waals surface area (Å²) in [5.74, 6) is -2.32. The molecule has 0 aliphatic rings. The van der Waals surface area contributed by atoms with Gasteiger partial charge in [0.2, 0.25) is 5.75 Å². The Morgan fingerprint density at radius 1 is 1.43 bits per heavy atom. The van der Waals surface area contributed by atoms with E-state index < -0.39 is 22.8 Å². The van der Waals surface area contributed by atoms with Gasteiger partial charge in [0, 0.05) is 13.2 Å². The molecule has 1 atom stereocenters. The maximum atomic E-state index is 12.1. The number of aliphatic carboxylic acids is 1. The fraction of sp³-hybridized carbons (Fsp3) is 0.333. The van der Waals surface area contributed by atoms with Crippen molar-refractivity contribution in [3.63, 3.8) is 0 Å². The number of nitro benzene ring substituents is 1. The van der Waals surface area contributed by atoms with Crippen LogP contribution in [0, 0.1) is 10.1 Å². The smallest absolute Gasteiger partial charge is 0.328 e. The van der Waals surface area contributed by atoms with Crippen LogP contribution < -0.4 is 10.1 Å². The number of hydrogen-bond acceptors (Lipinski definition) is 6. The van der Waals surface area contributed by atoms with Crippen LogP contribution in [0.5, 0.6) is 5.75 Å². The van der Waals surface area contributed by atoms with Crippen LogP contribution in [0.15, 0.2) is 18.2 Å². The molecule has 0 aliphatic carbocycles. The third-order valence-electron chi connectivity index (χ3n) is 2.58. The van der Waals surface area contributed by atoms with Crippen LogP contribution in [0.4, 0.5) is 5.69 Å². The summed E-state index contributed by atoms with van der Waals surface area (Å²) in [6.45, 7) is -0.238. The van der Waals surface area contributed by atoms with Gasteiger partial charge in [-0.3, -0.25) is 14.9 Å². The highest BCUT2D eigenvalue weighted by atomic mass is 16.6. The Bertz CT molecular complexity index is 559. The highest BCUT2D eigenvalue weighted by Crippen LogP contribution is 2.30. The number of para-hydroxylation sites is 1. The van der Waals surface area contributed by atoms with Gasteiger partial charge in [-0.1, -0.05) is 6.07 Å². The van der Waals surface area contributed by atoms with Gasteiger partial charge in [-0.15, -0.1) is 0 Å². The van der Waals surface area contributed by atoms with Crippen molar-refractivity contribution in [2.45, 2.75) is 6.04 Å². The molecule has 1 aromatic carbocycles. The SMILES string of the molecule is COCC(NC(=O)c1cccc([N+](=O)[O-])c1OC)C(=O)O. The lowest BCUT2D eigenvalue weighted by Crippen LogP contribution is -2.43. The number of hydrogen-bond donors (Lipinski definition) is 2. The minimum absolute atomic E-state index is 0.131. The summed E-state index contributed by atoms with van der Waals surface area (Å²) in [5.41, 5.74) is -0.516. The van der Waals surface area contributed by atoms with Crippen LogP contribution in [0.25, 0.3) is 0 Å². The second kappa shape index (κ2) is 7.20. The van der Waals surface area contributed by atoms with Crippen molar-refractivity contribution in [2.75, 3.05) is 20.8 Å². The number of amides is 1. The van der Waals surface area contributed by atoms with E-state index in [0.717, 1.165) is 0 Å². The van der Waals surface area contributed by atoms with Crippen molar-refractivity contribution >= 4 is 17.6 Å². The van der Waals surface area contributed by atoms with Gasteiger partial charge in [-0.2, -0.15) is 0 Å². The van der Waals surface area contributed by atoms with E-state index in [2.05, 4.69) is 10.1 Å². The summed E-state index contributed by atoms with van der Waals surface area (Å²) in [6.07, 6.45) is 0. The highest BCUT2D eigenvalue weighted by Gasteiger charge is 2.26. The molecule has 1 unspecified atom stereocenters. The van der Waals surface area contributed by atoms with Gasteiger partial charge in [0.15, 0.2) is 6.04 Å². The van der Waals surface area contributed by atoms with Crippen LogP contribution in [0.2, 0.25) is 0 Å². The van der Waals surface area contributed by atoms with Crippen molar-refractivity contribution in [2.24, 2.45) is 0 Å². The monoisotopic (exact) mass is 298 g/mol. The Labute approximate surface area is 119 Å². The number of methoxy groups -OCH3 is 2. The third-order valence-corrected chi connectivity index (χ3v) is 2.58. The summed E-state index contributed by atoms with van der Waals surface area (Å²) in [5, 5.41) is 22.0. The zero-order valence-corrected chi connectivity index (χ0v) is 11.4. The van der Waals surface area contributed by atoms with Crippen LogP contribution in [-0.4, -0.2) is 48.8 Å². The van der Waals surface area contributed by atoms with E-state index in [0.29, 0.717) is 0 Å². The molecule has 114 valence electrons. The predicted molar refractivity (Wildman–Crippen MR) is 70.4 cm³/mol. The Morgan fingerprint density at radius 3 is 2.57 bits per heavy atom. The molecule has 21 heavy (non-hydrogen) atoms. The van der Waals surface area contributed by atoms with Gasteiger partial charge in [-0.05, 0) is 6.07 Å². The molecule has 9 nitrogen and oxygen atoms in total. The summed E-state index contributed by atoms with van der Waals surface area (Å²) >= 11 is 0. The lowest BCUT2D eigenvalue weighted by molar-refractivity contribution is -0.385. The average molecular weight is 298 g/mol. The molecule has 0 spiro atoms. The molecule has 1 rings (SSSR count). The Kier molecular flexibility index (Phi) is 5.61.